The molecule has 3 heteroatoms. The molecule has 1 saturated heterocycles. The molecular formula is C16H22N2O. The van der Waals surface area contributed by atoms with Gasteiger partial charge >= 0.3 is 0 Å². The molecule has 19 heavy (non-hydrogen) atoms. The zero-order valence-electron chi connectivity index (χ0n) is 11.5. The van der Waals surface area contributed by atoms with Crippen LogP contribution < -0.4 is 5.73 Å². The zero-order valence-corrected chi connectivity index (χ0v) is 11.5. The van der Waals surface area contributed by atoms with Crippen molar-refractivity contribution in [1.29, 1.82) is 0 Å². The van der Waals surface area contributed by atoms with Crippen LogP contribution in [-0.4, -0.2) is 23.9 Å². The lowest BCUT2D eigenvalue weighted by Crippen LogP contribution is -2.37. The van der Waals surface area contributed by atoms with Crippen molar-refractivity contribution < 1.29 is 4.79 Å². The number of nitrogens with two attached hydrogens (primary N) is 1. The molecule has 1 aliphatic carbocycles. The van der Waals surface area contributed by atoms with Gasteiger partial charge in [0.15, 0.2) is 0 Å². The summed E-state index contributed by atoms with van der Waals surface area (Å²) < 4.78 is 0. The summed E-state index contributed by atoms with van der Waals surface area (Å²) in [5.74, 6) is 1.56. The molecule has 1 saturated carbocycles. The van der Waals surface area contributed by atoms with Crippen LogP contribution >= 0.6 is 0 Å². The molecule has 1 aliphatic heterocycles. The average Bonchev–Trinajstić information content (AvgIpc) is 2.98. The number of hydrogen-bond donors (Lipinski definition) is 1. The first kappa shape index (κ1) is 12.7. The standard InChI is InChI=1S/C16H22N2O/c1-11-5-7-12(8-6-11)15(17)16(19)18-9-13-3-2-4-14(13)10-18/h5-8,13-15H,2-4,9-10,17H2,1H3. The van der Waals surface area contributed by atoms with Gasteiger partial charge in [0.25, 0.3) is 0 Å². The van der Waals surface area contributed by atoms with Crippen molar-refractivity contribution in [3.63, 3.8) is 0 Å². The molecule has 3 atom stereocenters. The van der Waals surface area contributed by atoms with Crippen LogP contribution in [0.3, 0.4) is 0 Å². The van der Waals surface area contributed by atoms with Gasteiger partial charge in [-0.2, -0.15) is 0 Å². The van der Waals surface area contributed by atoms with Crippen molar-refractivity contribution in [1.82, 2.24) is 4.90 Å². The molecule has 1 aromatic carbocycles. The van der Waals surface area contributed by atoms with Crippen molar-refractivity contribution in [2.75, 3.05) is 13.1 Å². The van der Waals surface area contributed by atoms with Crippen molar-refractivity contribution in [3.05, 3.63) is 35.4 Å². The third kappa shape index (κ3) is 2.39. The summed E-state index contributed by atoms with van der Waals surface area (Å²) >= 11 is 0. The second-order valence-electron chi connectivity index (χ2n) is 6.08. The van der Waals surface area contributed by atoms with Gasteiger partial charge in [-0.15, -0.1) is 0 Å². The normalized spacial score (nSPS) is 27.4. The lowest BCUT2D eigenvalue weighted by Gasteiger charge is -2.22. The van der Waals surface area contributed by atoms with Crippen LogP contribution in [0.25, 0.3) is 0 Å². The Bertz CT molecular complexity index is 456. The van der Waals surface area contributed by atoms with E-state index in [2.05, 4.69) is 0 Å². The Morgan fingerprint density at radius 1 is 1.21 bits per heavy atom. The van der Waals surface area contributed by atoms with E-state index < -0.39 is 6.04 Å². The smallest absolute Gasteiger partial charge is 0.244 e. The molecule has 0 radical (unpaired) electrons. The minimum absolute atomic E-state index is 0.0956. The van der Waals surface area contributed by atoms with E-state index in [1.54, 1.807) is 0 Å². The minimum Gasteiger partial charge on any atom is -0.340 e. The second-order valence-corrected chi connectivity index (χ2v) is 6.08. The van der Waals surface area contributed by atoms with Crippen molar-refractivity contribution in [2.24, 2.45) is 17.6 Å². The van der Waals surface area contributed by atoms with Gasteiger partial charge in [0.1, 0.15) is 6.04 Å². The summed E-state index contributed by atoms with van der Waals surface area (Å²) in [5.41, 5.74) is 8.24. The summed E-state index contributed by atoms with van der Waals surface area (Å²) in [6, 6.07) is 7.46. The van der Waals surface area contributed by atoms with E-state index in [9.17, 15) is 4.79 Å². The van der Waals surface area contributed by atoms with Crippen molar-refractivity contribution in [2.45, 2.75) is 32.2 Å². The number of carbonyl (C=O) groups is 1. The number of benzene rings is 1. The molecule has 3 nitrogen and oxygen atoms in total. The van der Waals surface area contributed by atoms with Crippen LogP contribution in [0.15, 0.2) is 24.3 Å². The number of carbonyl (C=O) groups excluding carboxylic acids is 1. The topological polar surface area (TPSA) is 46.3 Å². The number of aryl methyl sites for hydroxylation is 1. The van der Waals surface area contributed by atoms with Crippen LogP contribution in [-0.2, 0) is 4.79 Å². The Morgan fingerprint density at radius 3 is 2.37 bits per heavy atom. The number of hydrogen-bond acceptors (Lipinski definition) is 2. The molecule has 3 rings (SSSR count). The monoisotopic (exact) mass is 258 g/mol. The highest BCUT2D eigenvalue weighted by Crippen LogP contribution is 2.38. The predicted octanol–water partition coefficient (Wildman–Crippen LogP) is 2.25. The zero-order chi connectivity index (χ0) is 13.4. The fourth-order valence-electron chi connectivity index (χ4n) is 3.53. The van der Waals surface area contributed by atoms with Gasteiger partial charge in [-0.1, -0.05) is 36.2 Å². The van der Waals surface area contributed by atoms with Gasteiger partial charge in [-0.05, 0) is 37.2 Å². The molecule has 1 heterocycles. The largest absolute Gasteiger partial charge is 0.340 e. The molecule has 0 aromatic heterocycles. The highest BCUT2D eigenvalue weighted by Gasteiger charge is 2.39. The van der Waals surface area contributed by atoms with Gasteiger partial charge in [-0.25, -0.2) is 0 Å². The highest BCUT2D eigenvalue weighted by molar-refractivity contribution is 5.83. The summed E-state index contributed by atoms with van der Waals surface area (Å²) in [6.07, 6.45) is 3.91. The Labute approximate surface area is 114 Å². The maximum Gasteiger partial charge on any atom is 0.244 e. The maximum atomic E-state index is 12.5. The van der Waals surface area contributed by atoms with Gasteiger partial charge in [0.2, 0.25) is 5.91 Å². The molecule has 2 fully saturated rings. The lowest BCUT2D eigenvalue weighted by molar-refractivity contribution is -0.132. The molecule has 2 aliphatic rings. The molecule has 2 N–H and O–H groups in total. The van der Waals surface area contributed by atoms with E-state index in [0.717, 1.165) is 30.5 Å². The van der Waals surface area contributed by atoms with E-state index in [0.29, 0.717) is 0 Å². The predicted molar refractivity (Wildman–Crippen MR) is 75.5 cm³/mol. The molecular weight excluding hydrogens is 236 g/mol. The second kappa shape index (κ2) is 4.97. The van der Waals surface area contributed by atoms with Gasteiger partial charge in [0.05, 0.1) is 0 Å². The first-order chi connectivity index (χ1) is 9.15. The Kier molecular flexibility index (Phi) is 3.31. The third-order valence-corrected chi connectivity index (χ3v) is 4.74. The number of likely N-dealkylation sites (tertiary alicyclic amines) is 1. The van der Waals surface area contributed by atoms with E-state index in [1.807, 2.05) is 36.1 Å². The fraction of sp³-hybridized carbons (Fsp3) is 0.562. The first-order valence-corrected chi connectivity index (χ1v) is 7.26. The van der Waals surface area contributed by atoms with Crippen molar-refractivity contribution >= 4 is 5.91 Å². The number of fused-ring (bicyclic) bond motifs is 1. The minimum atomic E-state index is -0.501. The Hall–Kier alpha value is -1.35. The summed E-state index contributed by atoms with van der Waals surface area (Å²) in [6.45, 7) is 3.88. The number of nitrogens with zero attached hydrogens (tertiary/aromatic N) is 1. The summed E-state index contributed by atoms with van der Waals surface area (Å²) in [5, 5.41) is 0. The number of amides is 1. The molecule has 0 bridgehead atoms. The Morgan fingerprint density at radius 2 is 1.79 bits per heavy atom. The molecule has 3 unspecified atom stereocenters. The average molecular weight is 258 g/mol. The van der Waals surface area contributed by atoms with Crippen LogP contribution in [0.1, 0.15) is 36.4 Å². The van der Waals surface area contributed by atoms with E-state index in [4.69, 9.17) is 5.73 Å². The Balaban J connectivity index is 1.68. The number of rotatable bonds is 2. The quantitative estimate of drug-likeness (QED) is 0.884. The van der Waals surface area contributed by atoms with Crippen LogP contribution in [0.2, 0.25) is 0 Å². The molecule has 0 spiro atoms. The molecule has 1 aromatic rings. The van der Waals surface area contributed by atoms with E-state index in [-0.39, 0.29) is 5.91 Å². The lowest BCUT2D eigenvalue weighted by atomic mass is 10.0. The van der Waals surface area contributed by atoms with Crippen LogP contribution in [0, 0.1) is 18.8 Å². The van der Waals surface area contributed by atoms with Crippen LogP contribution in [0.4, 0.5) is 0 Å². The fourth-order valence-corrected chi connectivity index (χ4v) is 3.53. The highest BCUT2D eigenvalue weighted by atomic mass is 16.2. The first-order valence-electron chi connectivity index (χ1n) is 7.26. The van der Waals surface area contributed by atoms with Gasteiger partial charge in [0, 0.05) is 13.1 Å². The van der Waals surface area contributed by atoms with E-state index >= 15 is 0 Å². The molecule has 102 valence electrons. The van der Waals surface area contributed by atoms with Gasteiger partial charge < -0.3 is 10.6 Å². The molecule has 1 amide bonds. The maximum absolute atomic E-state index is 12.5. The van der Waals surface area contributed by atoms with Crippen molar-refractivity contribution in [3.8, 4) is 0 Å². The van der Waals surface area contributed by atoms with Crippen LogP contribution in [0.5, 0.6) is 0 Å². The van der Waals surface area contributed by atoms with Gasteiger partial charge in [-0.3, -0.25) is 4.79 Å². The third-order valence-electron chi connectivity index (χ3n) is 4.74. The summed E-state index contributed by atoms with van der Waals surface area (Å²) in [4.78, 5) is 14.4. The summed E-state index contributed by atoms with van der Waals surface area (Å²) in [7, 11) is 0. The van der Waals surface area contributed by atoms with E-state index in [1.165, 1.54) is 24.8 Å². The SMILES string of the molecule is Cc1ccc(C(N)C(=O)N2CC3CCCC3C2)cc1.